The van der Waals surface area contributed by atoms with Crippen molar-refractivity contribution >= 4 is 0 Å². The molecule has 1 rings (SSSR count). The van der Waals surface area contributed by atoms with Crippen molar-refractivity contribution in [2.45, 2.75) is 32.5 Å². The summed E-state index contributed by atoms with van der Waals surface area (Å²) in [6, 6.07) is 0. The molecule has 0 aromatic carbocycles. The van der Waals surface area contributed by atoms with Crippen LogP contribution in [0, 0.1) is 11.8 Å². The fraction of sp³-hybridized carbons (Fsp3) is 0.857. The van der Waals surface area contributed by atoms with Crippen LogP contribution in [0.1, 0.15) is 26.2 Å². The number of nitrogens with one attached hydrogen (secondary N) is 2. The molecule has 1 unspecified atom stereocenters. The lowest BCUT2D eigenvalue weighted by atomic mass is 9.97. The first-order valence-electron chi connectivity index (χ1n) is 7.48. The fourth-order valence-corrected chi connectivity index (χ4v) is 2.47. The summed E-state index contributed by atoms with van der Waals surface area (Å²) in [4.78, 5) is 0.603. The summed E-state index contributed by atoms with van der Waals surface area (Å²) in [6.45, 7) is 4.80. The average molecular weight is 309 g/mol. The van der Waals surface area contributed by atoms with Crippen molar-refractivity contribution in [1.82, 2.24) is 15.5 Å². The first-order valence-corrected chi connectivity index (χ1v) is 7.48. The Balaban J connectivity index is 2.04. The van der Waals surface area contributed by atoms with Gasteiger partial charge in [-0.3, -0.25) is 0 Å². The Morgan fingerprint density at radius 3 is 2.57 bits per heavy atom. The van der Waals surface area contributed by atoms with E-state index in [2.05, 4.69) is 17.6 Å². The Morgan fingerprint density at radius 2 is 2.00 bits per heavy atom. The van der Waals surface area contributed by atoms with Gasteiger partial charge in [0.15, 0.2) is 0 Å². The van der Waals surface area contributed by atoms with Crippen LogP contribution in [0.25, 0.3) is 0 Å². The van der Waals surface area contributed by atoms with E-state index in [1.165, 1.54) is 6.20 Å². The van der Waals surface area contributed by atoms with Gasteiger partial charge in [-0.25, -0.2) is 4.90 Å². The van der Waals surface area contributed by atoms with Gasteiger partial charge in [-0.1, -0.05) is 6.92 Å². The van der Waals surface area contributed by atoms with Crippen molar-refractivity contribution in [3.63, 3.8) is 0 Å². The van der Waals surface area contributed by atoms with Crippen LogP contribution in [0.4, 0.5) is 13.2 Å². The van der Waals surface area contributed by atoms with Crippen molar-refractivity contribution in [3.8, 4) is 0 Å². The molecule has 1 saturated heterocycles. The van der Waals surface area contributed by atoms with E-state index in [0.29, 0.717) is 29.6 Å². The van der Waals surface area contributed by atoms with Crippen molar-refractivity contribution in [3.05, 3.63) is 12.5 Å². The standard InChI is InChI=1S/C14H26F3N3O/c1-12(10-19-6-9-21)2-5-18-11-13-3-7-20(8-4-13)14(15,16)17/h6,9,12-13,18-19,21H,2-5,7-8,10-11H2,1H3/b9-6+. The van der Waals surface area contributed by atoms with Crippen molar-refractivity contribution < 1.29 is 18.3 Å². The zero-order valence-electron chi connectivity index (χ0n) is 12.5. The Labute approximate surface area is 124 Å². The number of halogens is 3. The van der Waals surface area contributed by atoms with Gasteiger partial charge < -0.3 is 15.7 Å². The summed E-state index contributed by atoms with van der Waals surface area (Å²) >= 11 is 0. The molecule has 1 atom stereocenters. The molecule has 1 fully saturated rings. The number of alkyl halides is 3. The molecule has 0 aliphatic carbocycles. The molecule has 1 aliphatic rings. The van der Waals surface area contributed by atoms with E-state index < -0.39 is 6.30 Å². The minimum atomic E-state index is -4.18. The summed E-state index contributed by atoms with van der Waals surface area (Å²) in [5.41, 5.74) is 0. The summed E-state index contributed by atoms with van der Waals surface area (Å²) in [6.07, 6.45) is 0.490. The molecule has 21 heavy (non-hydrogen) atoms. The third-order valence-corrected chi connectivity index (χ3v) is 3.88. The van der Waals surface area contributed by atoms with Crippen LogP contribution >= 0.6 is 0 Å². The molecule has 124 valence electrons. The van der Waals surface area contributed by atoms with E-state index in [0.717, 1.165) is 32.3 Å². The van der Waals surface area contributed by atoms with Gasteiger partial charge in [-0.15, -0.1) is 0 Å². The minimum absolute atomic E-state index is 0.115. The molecule has 1 heterocycles. The molecule has 7 heteroatoms. The van der Waals surface area contributed by atoms with Crippen LogP contribution in [-0.2, 0) is 0 Å². The van der Waals surface area contributed by atoms with E-state index in [1.807, 2.05) is 0 Å². The predicted octanol–water partition coefficient (Wildman–Crippen LogP) is 2.45. The third kappa shape index (κ3) is 7.57. The highest BCUT2D eigenvalue weighted by Crippen LogP contribution is 2.27. The van der Waals surface area contributed by atoms with Gasteiger partial charge >= 0.3 is 6.30 Å². The van der Waals surface area contributed by atoms with E-state index in [9.17, 15) is 13.2 Å². The van der Waals surface area contributed by atoms with Gasteiger partial charge in [-0.2, -0.15) is 13.2 Å². The van der Waals surface area contributed by atoms with Crippen LogP contribution < -0.4 is 10.6 Å². The van der Waals surface area contributed by atoms with Gasteiger partial charge in [0.05, 0.1) is 6.26 Å². The number of rotatable bonds is 8. The second-order valence-corrected chi connectivity index (χ2v) is 5.72. The molecule has 4 nitrogen and oxygen atoms in total. The molecule has 1 aliphatic heterocycles. The molecule has 3 N–H and O–H groups in total. The highest BCUT2D eigenvalue weighted by atomic mass is 19.4. The molecule has 0 spiro atoms. The number of aliphatic hydroxyl groups excluding tert-OH is 1. The number of likely N-dealkylation sites (tertiary alicyclic amines) is 1. The van der Waals surface area contributed by atoms with Gasteiger partial charge in [0, 0.05) is 25.8 Å². The maximum Gasteiger partial charge on any atom is 0.459 e. The maximum absolute atomic E-state index is 12.5. The highest BCUT2D eigenvalue weighted by molar-refractivity contribution is 4.75. The van der Waals surface area contributed by atoms with Crippen molar-refractivity contribution in [2.24, 2.45) is 11.8 Å². The Kier molecular flexibility index (Phi) is 7.88. The number of piperidine rings is 1. The van der Waals surface area contributed by atoms with Gasteiger partial charge in [0.2, 0.25) is 0 Å². The summed E-state index contributed by atoms with van der Waals surface area (Å²) in [5, 5.41) is 14.8. The lowest BCUT2D eigenvalue weighted by molar-refractivity contribution is -0.251. The molecule has 0 amide bonds. The zero-order valence-corrected chi connectivity index (χ0v) is 12.5. The Hall–Kier alpha value is -0.950. The van der Waals surface area contributed by atoms with Gasteiger partial charge in [0.25, 0.3) is 0 Å². The van der Waals surface area contributed by atoms with Crippen molar-refractivity contribution in [2.75, 3.05) is 32.7 Å². The third-order valence-electron chi connectivity index (χ3n) is 3.88. The highest BCUT2D eigenvalue weighted by Gasteiger charge is 2.38. The molecule has 0 aromatic heterocycles. The second kappa shape index (κ2) is 9.15. The lowest BCUT2D eigenvalue weighted by Crippen LogP contribution is -2.45. The Bertz CT molecular complexity index is 302. The molecule has 0 saturated carbocycles. The zero-order chi connectivity index (χ0) is 15.7. The predicted molar refractivity (Wildman–Crippen MR) is 76.8 cm³/mol. The van der Waals surface area contributed by atoms with E-state index in [4.69, 9.17) is 5.11 Å². The smallest absolute Gasteiger partial charge is 0.459 e. The number of hydrogen-bond donors (Lipinski definition) is 3. The number of aliphatic hydroxyl groups is 1. The number of nitrogens with zero attached hydrogens (tertiary/aromatic N) is 1. The van der Waals surface area contributed by atoms with Crippen LogP contribution in [-0.4, -0.2) is 49.0 Å². The minimum Gasteiger partial charge on any atom is -0.514 e. The SMILES string of the molecule is CC(CCNCC1CCN(C(F)(F)F)CC1)CN/C=C/O. The van der Waals surface area contributed by atoms with E-state index in [1.54, 1.807) is 0 Å². The topological polar surface area (TPSA) is 47.5 Å². The van der Waals surface area contributed by atoms with Crippen LogP contribution in [0.3, 0.4) is 0 Å². The molecule has 0 aromatic rings. The summed E-state index contributed by atoms with van der Waals surface area (Å²) in [5.74, 6) is 0.815. The number of hydrogen-bond acceptors (Lipinski definition) is 4. The normalized spacial score (nSPS) is 20.0. The second-order valence-electron chi connectivity index (χ2n) is 5.72. The average Bonchev–Trinajstić information content (AvgIpc) is 2.43. The van der Waals surface area contributed by atoms with E-state index >= 15 is 0 Å². The Morgan fingerprint density at radius 1 is 1.33 bits per heavy atom. The molecular formula is C14H26F3N3O. The largest absolute Gasteiger partial charge is 0.514 e. The first-order chi connectivity index (χ1) is 9.93. The molecular weight excluding hydrogens is 283 g/mol. The van der Waals surface area contributed by atoms with Gasteiger partial charge in [0.1, 0.15) is 0 Å². The van der Waals surface area contributed by atoms with Crippen LogP contribution in [0.5, 0.6) is 0 Å². The van der Waals surface area contributed by atoms with E-state index in [-0.39, 0.29) is 13.1 Å². The van der Waals surface area contributed by atoms with Gasteiger partial charge in [-0.05, 0) is 44.2 Å². The lowest BCUT2D eigenvalue weighted by Gasteiger charge is -2.33. The quantitative estimate of drug-likeness (QED) is 0.366. The fourth-order valence-electron chi connectivity index (χ4n) is 2.47. The first kappa shape index (κ1) is 18.1. The van der Waals surface area contributed by atoms with Crippen LogP contribution in [0.15, 0.2) is 12.5 Å². The molecule has 0 radical (unpaired) electrons. The van der Waals surface area contributed by atoms with Crippen LogP contribution in [0.2, 0.25) is 0 Å². The monoisotopic (exact) mass is 309 g/mol. The van der Waals surface area contributed by atoms with Crippen molar-refractivity contribution in [1.29, 1.82) is 0 Å². The summed E-state index contributed by atoms with van der Waals surface area (Å²) < 4.78 is 37.4. The summed E-state index contributed by atoms with van der Waals surface area (Å²) in [7, 11) is 0. The molecule has 0 bridgehead atoms. The maximum atomic E-state index is 12.5.